The molecule has 0 atom stereocenters. The summed E-state index contributed by atoms with van der Waals surface area (Å²) in [5.74, 6) is 0.640. The Kier molecular flexibility index (Phi) is 10.0. The molecule has 0 saturated heterocycles. The fourth-order valence-electron chi connectivity index (χ4n) is 3.00. The number of aromatic nitrogens is 1. The number of rotatable bonds is 10. The Balaban J connectivity index is 0.00000341. The van der Waals surface area contributed by atoms with Crippen LogP contribution in [0.2, 0.25) is 5.02 Å². The van der Waals surface area contributed by atoms with Gasteiger partial charge >= 0.3 is 0 Å². The molecular weight excluding hydrogens is 453 g/mol. The van der Waals surface area contributed by atoms with Crippen LogP contribution in [0.4, 0.5) is 5.13 Å². The van der Waals surface area contributed by atoms with Gasteiger partial charge in [0.2, 0.25) is 0 Å². The highest BCUT2D eigenvalue weighted by atomic mass is 35.5. The zero-order valence-corrected chi connectivity index (χ0v) is 20.5. The SMILES string of the molecule is CCCCCOc1cccc(C(=O)N(CCN(C)C)c2nc3ccc(Cl)cc3s2)c1.Cl. The number of benzene rings is 2. The Morgan fingerprint density at radius 2 is 1.94 bits per heavy atom. The molecule has 0 radical (unpaired) electrons. The van der Waals surface area contributed by atoms with Gasteiger partial charge in [-0.15, -0.1) is 12.4 Å². The van der Waals surface area contributed by atoms with Gasteiger partial charge in [-0.25, -0.2) is 4.98 Å². The maximum atomic E-state index is 13.4. The lowest BCUT2D eigenvalue weighted by molar-refractivity contribution is 0.0984. The Bertz CT molecular complexity index is 994. The maximum absolute atomic E-state index is 13.4. The molecule has 8 heteroatoms. The van der Waals surface area contributed by atoms with Crippen LogP contribution in [0, 0.1) is 0 Å². The fourth-order valence-corrected chi connectivity index (χ4v) is 4.27. The van der Waals surface area contributed by atoms with Crippen LogP contribution in [-0.4, -0.2) is 49.6 Å². The molecule has 3 aromatic rings. The Hall–Kier alpha value is -1.86. The van der Waals surface area contributed by atoms with E-state index < -0.39 is 0 Å². The molecule has 2 aromatic carbocycles. The van der Waals surface area contributed by atoms with E-state index in [4.69, 9.17) is 16.3 Å². The molecule has 0 saturated carbocycles. The van der Waals surface area contributed by atoms with Crippen molar-refractivity contribution in [3.8, 4) is 5.75 Å². The van der Waals surface area contributed by atoms with Crippen molar-refractivity contribution in [2.75, 3.05) is 38.7 Å². The number of fused-ring (bicyclic) bond motifs is 1. The van der Waals surface area contributed by atoms with Gasteiger partial charge in [0, 0.05) is 23.7 Å². The van der Waals surface area contributed by atoms with Crippen molar-refractivity contribution in [3.05, 3.63) is 53.1 Å². The molecule has 1 amide bonds. The number of thiazole rings is 1. The highest BCUT2D eigenvalue weighted by molar-refractivity contribution is 7.22. The van der Waals surface area contributed by atoms with Crippen LogP contribution >= 0.6 is 35.3 Å². The summed E-state index contributed by atoms with van der Waals surface area (Å²) in [6.45, 7) is 4.10. The third-order valence-corrected chi connectivity index (χ3v) is 5.96. The van der Waals surface area contributed by atoms with E-state index in [0.29, 0.717) is 28.9 Å². The van der Waals surface area contributed by atoms with Crippen LogP contribution in [0.3, 0.4) is 0 Å². The average Bonchev–Trinajstić information content (AvgIpc) is 3.14. The summed E-state index contributed by atoms with van der Waals surface area (Å²) in [6.07, 6.45) is 3.30. The molecule has 168 valence electrons. The summed E-state index contributed by atoms with van der Waals surface area (Å²) in [4.78, 5) is 21.9. The number of carbonyl (C=O) groups is 1. The van der Waals surface area contributed by atoms with Crippen molar-refractivity contribution in [1.82, 2.24) is 9.88 Å². The number of anilines is 1. The molecule has 3 rings (SSSR count). The van der Waals surface area contributed by atoms with E-state index in [0.717, 1.165) is 41.8 Å². The molecule has 0 bridgehead atoms. The largest absolute Gasteiger partial charge is 0.494 e. The van der Waals surface area contributed by atoms with E-state index in [9.17, 15) is 4.79 Å². The van der Waals surface area contributed by atoms with Crippen molar-refractivity contribution in [2.45, 2.75) is 26.2 Å². The highest BCUT2D eigenvalue weighted by Gasteiger charge is 2.22. The van der Waals surface area contributed by atoms with E-state index in [1.165, 1.54) is 11.3 Å². The molecule has 5 nitrogen and oxygen atoms in total. The lowest BCUT2D eigenvalue weighted by Crippen LogP contribution is -2.36. The standard InChI is InChI=1S/C23H28ClN3O2S.ClH/c1-4-5-6-14-29-19-9-7-8-17(15-19)22(28)27(13-12-26(2)3)23-25-20-11-10-18(24)16-21(20)30-23;/h7-11,15-16H,4-6,12-14H2,1-3H3;1H. The van der Waals surface area contributed by atoms with Crippen molar-refractivity contribution >= 4 is 56.6 Å². The minimum Gasteiger partial charge on any atom is -0.494 e. The molecule has 0 aliphatic heterocycles. The van der Waals surface area contributed by atoms with Crippen LogP contribution in [0.5, 0.6) is 5.75 Å². The van der Waals surface area contributed by atoms with Crippen LogP contribution in [0.15, 0.2) is 42.5 Å². The van der Waals surface area contributed by atoms with Crippen LogP contribution in [0.1, 0.15) is 36.5 Å². The molecule has 31 heavy (non-hydrogen) atoms. The van der Waals surface area contributed by atoms with E-state index in [1.54, 1.807) is 4.90 Å². The Morgan fingerprint density at radius 3 is 2.68 bits per heavy atom. The zero-order valence-electron chi connectivity index (χ0n) is 18.1. The van der Waals surface area contributed by atoms with Gasteiger partial charge in [-0.1, -0.05) is 48.8 Å². The van der Waals surface area contributed by atoms with Crippen molar-refractivity contribution in [2.24, 2.45) is 0 Å². The summed E-state index contributed by atoms with van der Waals surface area (Å²) in [5, 5.41) is 1.34. The summed E-state index contributed by atoms with van der Waals surface area (Å²) in [7, 11) is 3.98. The number of halogens is 2. The fraction of sp³-hybridized carbons (Fsp3) is 0.391. The number of carbonyl (C=O) groups excluding carboxylic acids is 1. The number of amides is 1. The van der Waals surface area contributed by atoms with Crippen LogP contribution in [0.25, 0.3) is 10.2 Å². The third kappa shape index (κ3) is 7.07. The van der Waals surface area contributed by atoms with Gasteiger partial charge < -0.3 is 9.64 Å². The average molecular weight is 482 g/mol. The molecule has 1 heterocycles. The predicted octanol–water partition coefficient (Wildman–Crippen LogP) is 6.15. The van der Waals surface area contributed by atoms with Gasteiger partial charge in [0.25, 0.3) is 5.91 Å². The molecule has 0 N–H and O–H groups in total. The van der Waals surface area contributed by atoms with E-state index in [2.05, 4.69) is 16.8 Å². The number of unbranched alkanes of at least 4 members (excludes halogenated alkanes) is 2. The Labute approximate surface area is 199 Å². The lowest BCUT2D eigenvalue weighted by Gasteiger charge is -2.22. The first-order chi connectivity index (χ1) is 14.5. The topological polar surface area (TPSA) is 45.7 Å². The van der Waals surface area contributed by atoms with Gasteiger partial charge in [-0.05, 0) is 56.9 Å². The first kappa shape index (κ1) is 25.4. The molecule has 0 spiro atoms. The molecular formula is C23H29Cl2N3O2S. The van der Waals surface area contributed by atoms with Gasteiger partial charge in [-0.2, -0.15) is 0 Å². The van der Waals surface area contributed by atoms with Crippen molar-refractivity contribution < 1.29 is 9.53 Å². The number of hydrogen-bond acceptors (Lipinski definition) is 5. The number of likely N-dealkylation sites (N-methyl/N-ethyl adjacent to an activating group) is 1. The van der Waals surface area contributed by atoms with E-state index in [1.807, 2.05) is 56.6 Å². The first-order valence-electron chi connectivity index (χ1n) is 10.2. The van der Waals surface area contributed by atoms with Gasteiger partial charge in [0.15, 0.2) is 5.13 Å². The van der Waals surface area contributed by atoms with E-state index in [-0.39, 0.29) is 18.3 Å². The van der Waals surface area contributed by atoms with Gasteiger partial charge in [-0.3, -0.25) is 9.69 Å². The monoisotopic (exact) mass is 481 g/mol. The summed E-state index contributed by atoms with van der Waals surface area (Å²) >= 11 is 7.60. The van der Waals surface area contributed by atoms with E-state index >= 15 is 0 Å². The minimum atomic E-state index is -0.0824. The third-order valence-electron chi connectivity index (χ3n) is 4.68. The maximum Gasteiger partial charge on any atom is 0.260 e. The quantitative estimate of drug-likeness (QED) is 0.325. The van der Waals surface area contributed by atoms with Gasteiger partial charge in [0.1, 0.15) is 5.75 Å². The lowest BCUT2D eigenvalue weighted by atomic mass is 10.2. The highest BCUT2D eigenvalue weighted by Crippen LogP contribution is 2.31. The summed E-state index contributed by atoms with van der Waals surface area (Å²) < 4.78 is 6.80. The summed E-state index contributed by atoms with van der Waals surface area (Å²) in [6, 6.07) is 13.0. The second-order valence-electron chi connectivity index (χ2n) is 7.45. The number of ether oxygens (including phenoxy) is 1. The molecule has 1 aromatic heterocycles. The molecule has 0 unspecified atom stereocenters. The van der Waals surface area contributed by atoms with Crippen LogP contribution in [-0.2, 0) is 0 Å². The smallest absolute Gasteiger partial charge is 0.260 e. The minimum absolute atomic E-state index is 0. The molecule has 0 aliphatic rings. The molecule has 0 fully saturated rings. The van der Waals surface area contributed by atoms with Crippen molar-refractivity contribution in [3.63, 3.8) is 0 Å². The van der Waals surface area contributed by atoms with Gasteiger partial charge in [0.05, 0.1) is 16.8 Å². The Morgan fingerprint density at radius 1 is 1.13 bits per heavy atom. The zero-order chi connectivity index (χ0) is 21.5. The second-order valence-corrected chi connectivity index (χ2v) is 8.90. The van der Waals surface area contributed by atoms with Crippen molar-refractivity contribution in [1.29, 1.82) is 0 Å². The normalized spacial score (nSPS) is 10.9. The number of nitrogens with zero attached hydrogens (tertiary/aromatic N) is 3. The number of hydrogen-bond donors (Lipinski definition) is 0. The second kappa shape index (κ2) is 12.2. The molecule has 0 aliphatic carbocycles. The first-order valence-corrected chi connectivity index (χ1v) is 11.4. The van der Waals surface area contributed by atoms with Crippen LogP contribution < -0.4 is 9.64 Å². The summed E-state index contributed by atoms with van der Waals surface area (Å²) in [5.41, 5.74) is 1.44. The predicted molar refractivity (Wildman–Crippen MR) is 134 cm³/mol.